The van der Waals surface area contributed by atoms with Gasteiger partial charge < -0.3 is 14.4 Å². The van der Waals surface area contributed by atoms with Gasteiger partial charge in [-0.2, -0.15) is 0 Å². The molecule has 0 spiro atoms. The van der Waals surface area contributed by atoms with Crippen molar-refractivity contribution in [2.75, 3.05) is 19.1 Å². The van der Waals surface area contributed by atoms with E-state index in [-0.39, 0.29) is 10.8 Å². The van der Waals surface area contributed by atoms with Crippen molar-refractivity contribution in [3.05, 3.63) is 275 Å². The van der Waals surface area contributed by atoms with Crippen LogP contribution in [0.1, 0.15) is 55.5 Å². The van der Waals surface area contributed by atoms with Crippen LogP contribution in [0.25, 0.3) is 71.6 Å². The molecule has 0 heterocycles. The fourth-order valence-electron chi connectivity index (χ4n) is 14.2. The number of hydrogen-bond acceptors (Lipinski definition) is 3. The largest absolute Gasteiger partial charge is 0.497 e. The standard InChI is InChI=1S/C74H57NO2/c1-73(2)65-40-47(22-35-56(65)58-37-24-49(42-67(58)73)55-34-20-46-19-18-44-12-11-13-45-21-39-62(55)71(46)69(44)45)48-23-36-57-59-38-25-50(43-68(59)74(3,4)66(57)41-48)70-60-14-7-9-16-63(60)72(64-17-10-8-15-61(64)70)75(51-26-30-53(76-5)31-27-51)52-28-32-54(77-6)33-29-52/h7-43,69,71H,1-6H3. The summed E-state index contributed by atoms with van der Waals surface area (Å²) in [6.07, 6.45) is 20.9. The zero-order valence-electron chi connectivity index (χ0n) is 44.3. The molecule has 0 radical (unpaired) electrons. The van der Waals surface area contributed by atoms with E-state index in [4.69, 9.17) is 9.47 Å². The number of allylic oxidation sites excluding steroid dienone is 14. The average molecular weight is 992 g/mol. The monoisotopic (exact) mass is 991 g/mol. The molecule has 6 aliphatic carbocycles. The smallest absolute Gasteiger partial charge is 0.119 e. The summed E-state index contributed by atoms with van der Waals surface area (Å²) in [5.74, 6) is 2.39. The zero-order valence-corrected chi connectivity index (χ0v) is 44.3. The Morgan fingerprint density at radius 2 is 0.818 bits per heavy atom. The van der Waals surface area contributed by atoms with E-state index in [1.165, 1.54) is 122 Å². The van der Waals surface area contributed by atoms with Gasteiger partial charge in [0.05, 0.1) is 19.9 Å². The second kappa shape index (κ2) is 16.8. The lowest BCUT2D eigenvalue weighted by atomic mass is 9.63. The molecule has 0 amide bonds. The molecule has 0 fully saturated rings. The van der Waals surface area contributed by atoms with Crippen molar-refractivity contribution >= 4 is 44.2 Å². The number of anilines is 3. The fourth-order valence-corrected chi connectivity index (χ4v) is 14.2. The molecule has 2 unspecified atom stereocenters. The number of nitrogens with zero attached hydrogens (tertiary/aromatic N) is 1. The lowest BCUT2D eigenvalue weighted by molar-refractivity contribution is 0.415. The minimum absolute atomic E-state index is 0.169. The molecule has 0 saturated carbocycles. The molecule has 9 aromatic carbocycles. The molecule has 3 heteroatoms. The van der Waals surface area contributed by atoms with Gasteiger partial charge in [0.2, 0.25) is 0 Å². The van der Waals surface area contributed by atoms with Crippen LogP contribution in [0, 0.1) is 11.8 Å². The number of benzene rings is 9. The third-order valence-electron chi connectivity index (χ3n) is 18.1. The number of rotatable bonds is 8. The molecule has 370 valence electrons. The van der Waals surface area contributed by atoms with Gasteiger partial charge in [-0.3, -0.25) is 0 Å². The molecule has 77 heavy (non-hydrogen) atoms. The molecule has 0 aliphatic heterocycles. The summed E-state index contributed by atoms with van der Waals surface area (Å²) in [5, 5.41) is 4.76. The van der Waals surface area contributed by atoms with Gasteiger partial charge in [-0.05, 0) is 184 Å². The van der Waals surface area contributed by atoms with E-state index in [9.17, 15) is 0 Å². The van der Waals surface area contributed by atoms with Gasteiger partial charge in [0, 0.05) is 44.8 Å². The van der Waals surface area contributed by atoms with Crippen molar-refractivity contribution in [2.45, 2.75) is 38.5 Å². The molecule has 6 aliphatic rings. The summed E-state index contributed by atoms with van der Waals surface area (Å²) in [7, 11) is 3.43. The molecule has 15 rings (SSSR count). The molecule has 9 aromatic rings. The van der Waals surface area contributed by atoms with E-state index >= 15 is 0 Å². The van der Waals surface area contributed by atoms with Crippen LogP contribution in [0.15, 0.2) is 247 Å². The molecular weight excluding hydrogens is 935 g/mol. The first kappa shape index (κ1) is 45.5. The normalized spacial score (nSPS) is 18.2. The highest BCUT2D eigenvalue weighted by molar-refractivity contribution is 6.22. The van der Waals surface area contributed by atoms with Crippen molar-refractivity contribution in [2.24, 2.45) is 11.8 Å². The Morgan fingerprint density at radius 3 is 1.34 bits per heavy atom. The van der Waals surface area contributed by atoms with E-state index in [1.54, 1.807) is 14.2 Å². The van der Waals surface area contributed by atoms with E-state index in [2.05, 4.69) is 233 Å². The van der Waals surface area contributed by atoms with Crippen LogP contribution in [-0.2, 0) is 10.8 Å². The van der Waals surface area contributed by atoms with Gasteiger partial charge in [-0.25, -0.2) is 0 Å². The first-order valence-corrected chi connectivity index (χ1v) is 27.1. The zero-order chi connectivity index (χ0) is 51.9. The second-order valence-electron chi connectivity index (χ2n) is 22.7. The highest BCUT2D eigenvalue weighted by atomic mass is 16.5. The summed E-state index contributed by atoms with van der Waals surface area (Å²) < 4.78 is 11.2. The van der Waals surface area contributed by atoms with Crippen LogP contribution in [0.5, 0.6) is 11.5 Å². The van der Waals surface area contributed by atoms with E-state index in [0.29, 0.717) is 11.8 Å². The van der Waals surface area contributed by atoms with Crippen molar-refractivity contribution < 1.29 is 9.47 Å². The Balaban J connectivity index is 0.787. The van der Waals surface area contributed by atoms with Gasteiger partial charge in [-0.15, -0.1) is 0 Å². The topological polar surface area (TPSA) is 21.7 Å². The van der Waals surface area contributed by atoms with Crippen molar-refractivity contribution in [1.82, 2.24) is 0 Å². The first-order valence-electron chi connectivity index (χ1n) is 27.1. The van der Waals surface area contributed by atoms with Gasteiger partial charge in [0.15, 0.2) is 0 Å². The molecule has 0 N–H and O–H groups in total. The summed E-state index contributed by atoms with van der Waals surface area (Å²) in [6.45, 7) is 9.66. The average Bonchev–Trinajstić information content (AvgIpc) is 3.98. The van der Waals surface area contributed by atoms with E-state index < -0.39 is 0 Å². The highest BCUT2D eigenvalue weighted by Crippen LogP contribution is 2.56. The predicted octanol–water partition coefficient (Wildman–Crippen LogP) is 18.9. The van der Waals surface area contributed by atoms with E-state index in [0.717, 1.165) is 28.6 Å². The number of hydrogen-bond donors (Lipinski definition) is 0. The predicted molar refractivity (Wildman–Crippen MR) is 321 cm³/mol. The molecule has 2 atom stereocenters. The first-order chi connectivity index (χ1) is 37.6. The summed E-state index contributed by atoms with van der Waals surface area (Å²) in [5.41, 5.74) is 26.9. The van der Waals surface area contributed by atoms with Crippen LogP contribution in [-0.4, -0.2) is 14.2 Å². The Kier molecular flexibility index (Phi) is 9.92. The molecular formula is C74H57NO2. The van der Waals surface area contributed by atoms with Crippen molar-refractivity contribution in [3.63, 3.8) is 0 Å². The Morgan fingerprint density at radius 1 is 0.390 bits per heavy atom. The molecule has 3 nitrogen and oxygen atoms in total. The maximum absolute atomic E-state index is 5.62. The fraction of sp³-hybridized carbons (Fsp3) is 0.135. The van der Waals surface area contributed by atoms with Crippen LogP contribution in [0.3, 0.4) is 0 Å². The molecule has 0 aromatic heterocycles. The van der Waals surface area contributed by atoms with E-state index in [1.807, 2.05) is 24.3 Å². The van der Waals surface area contributed by atoms with Crippen LogP contribution in [0.2, 0.25) is 0 Å². The minimum atomic E-state index is -0.237. The van der Waals surface area contributed by atoms with Gasteiger partial charge in [0.1, 0.15) is 11.5 Å². The minimum Gasteiger partial charge on any atom is -0.497 e. The lowest BCUT2D eigenvalue weighted by Gasteiger charge is -2.40. The lowest BCUT2D eigenvalue weighted by Crippen LogP contribution is -2.29. The van der Waals surface area contributed by atoms with Gasteiger partial charge in [0.25, 0.3) is 0 Å². The number of fused-ring (bicyclic) bond motifs is 8. The number of ether oxygens (including phenoxy) is 2. The Bertz CT molecular complexity index is 4170. The number of methoxy groups -OCH3 is 2. The van der Waals surface area contributed by atoms with Crippen molar-refractivity contribution in [1.29, 1.82) is 0 Å². The Hall–Kier alpha value is -8.92. The Labute approximate surface area is 451 Å². The van der Waals surface area contributed by atoms with Gasteiger partial charge in [-0.1, -0.05) is 179 Å². The summed E-state index contributed by atoms with van der Waals surface area (Å²) in [4.78, 5) is 2.38. The molecule has 0 saturated heterocycles. The summed E-state index contributed by atoms with van der Waals surface area (Å²) in [6, 6.07) is 63.5. The van der Waals surface area contributed by atoms with Crippen LogP contribution < -0.4 is 14.4 Å². The highest BCUT2D eigenvalue weighted by Gasteiger charge is 2.41. The SMILES string of the molecule is COc1ccc(N(c2ccc(OC)cc2)c2c3ccccc3c(-c3ccc4c(c3)C(C)(C)c3cc(-c5ccc6c(c5)C(C)(C)c5cc(C7=C8C=CC9=CC=CC%10=CC=C(C=C7)C8C9%10)ccc5-6)ccc3-4)c3ccccc23)cc1. The van der Waals surface area contributed by atoms with Crippen molar-refractivity contribution in [3.8, 4) is 56.0 Å². The quantitative estimate of drug-likeness (QED) is 0.142. The third kappa shape index (κ3) is 6.69. The molecule has 0 bridgehead atoms. The van der Waals surface area contributed by atoms with Crippen LogP contribution >= 0.6 is 0 Å². The third-order valence-corrected chi connectivity index (χ3v) is 18.1. The van der Waals surface area contributed by atoms with Crippen LogP contribution in [0.4, 0.5) is 17.1 Å². The van der Waals surface area contributed by atoms with Gasteiger partial charge >= 0.3 is 0 Å². The maximum Gasteiger partial charge on any atom is 0.119 e. The summed E-state index contributed by atoms with van der Waals surface area (Å²) >= 11 is 0. The maximum atomic E-state index is 5.62. The second-order valence-corrected chi connectivity index (χ2v) is 22.7.